The maximum absolute atomic E-state index is 13.0. The Kier molecular flexibility index (Phi) is 6.17. The van der Waals surface area contributed by atoms with Crippen molar-refractivity contribution in [2.24, 2.45) is 5.92 Å². The number of amides is 1. The quantitative estimate of drug-likeness (QED) is 0.663. The molecule has 0 aromatic heterocycles. The van der Waals surface area contributed by atoms with E-state index in [9.17, 15) is 34.8 Å². The Hall–Kier alpha value is -2.80. The van der Waals surface area contributed by atoms with Crippen LogP contribution in [0.25, 0.3) is 0 Å². The summed E-state index contributed by atoms with van der Waals surface area (Å²) in [4.78, 5) is 11.9. The summed E-state index contributed by atoms with van der Waals surface area (Å²) in [5.74, 6) is -2.02. The fourth-order valence-corrected chi connectivity index (χ4v) is 6.17. The third-order valence-electron chi connectivity index (χ3n) is 4.58. The van der Waals surface area contributed by atoms with E-state index in [1.165, 1.54) is 19.1 Å². The van der Waals surface area contributed by atoms with E-state index in [4.69, 9.17) is 4.74 Å². The van der Waals surface area contributed by atoms with Gasteiger partial charge < -0.3 is 4.74 Å². The molecule has 32 heavy (non-hydrogen) atoms. The van der Waals surface area contributed by atoms with E-state index in [0.29, 0.717) is 16.4 Å². The standard InChI is InChI=1S/C19H19F3N2O6S2/c1-3-30-16-9-8-15(24-18(25)12(2)11-31(24,26)27)10-17(16)32(28,29)23-14-6-4-13(5-7-14)19(20,21)22/h4-10,12,23H,3,11H2,1-2H3. The monoisotopic (exact) mass is 492 g/mol. The van der Waals surface area contributed by atoms with Gasteiger partial charge in [0.15, 0.2) is 0 Å². The van der Waals surface area contributed by atoms with Gasteiger partial charge in [0.1, 0.15) is 10.6 Å². The number of nitrogens with zero attached hydrogens (tertiary/aromatic N) is 1. The second-order valence-electron chi connectivity index (χ2n) is 7.03. The van der Waals surface area contributed by atoms with Crippen molar-refractivity contribution < 1.29 is 39.5 Å². The fraction of sp³-hybridized carbons (Fsp3) is 0.316. The van der Waals surface area contributed by atoms with Crippen LogP contribution in [-0.4, -0.2) is 35.1 Å². The van der Waals surface area contributed by atoms with Crippen molar-refractivity contribution in [3.05, 3.63) is 48.0 Å². The first-order valence-electron chi connectivity index (χ1n) is 9.30. The van der Waals surface area contributed by atoms with E-state index in [1.54, 1.807) is 6.92 Å². The Bertz CT molecular complexity index is 1240. The van der Waals surface area contributed by atoms with Crippen LogP contribution in [0.15, 0.2) is 47.4 Å². The first-order chi connectivity index (χ1) is 14.8. The van der Waals surface area contributed by atoms with Gasteiger partial charge in [0.2, 0.25) is 15.9 Å². The second kappa shape index (κ2) is 8.28. The van der Waals surface area contributed by atoms with Crippen LogP contribution in [0.1, 0.15) is 19.4 Å². The van der Waals surface area contributed by atoms with Crippen LogP contribution in [0, 0.1) is 5.92 Å². The predicted molar refractivity (Wildman–Crippen MR) is 110 cm³/mol. The van der Waals surface area contributed by atoms with Crippen molar-refractivity contribution >= 4 is 37.3 Å². The van der Waals surface area contributed by atoms with Gasteiger partial charge in [-0.25, -0.2) is 21.1 Å². The van der Waals surface area contributed by atoms with Crippen LogP contribution >= 0.6 is 0 Å². The summed E-state index contributed by atoms with van der Waals surface area (Å²) < 4.78 is 96.9. The molecule has 1 atom stereocenters. The van der Waals surface area contributed by atoms with Gasteiger partial charge in [0, 0.05) is 5.69 Å². The predicted octanol–water partition coefficient (Wildman–Crippen LogP) is 3.22. The number of carbonyl (C=O) groups is 1. The normalized spacial score (nSPS) is 18.6. The first-order valence-corrected chi connectivity index (χ1v) is 12.4. The fourth-order valence-electron chi connectivity index (χ4n) is 3.13. The van der Waals surface area contributed by atoms with Crippen molar-refractivity contribution in [2.45, 2.75) is 24.9 Å². The van der Waals surface area contributed by atoms with Crippen LogP contribution in [0.3, 0.4) is 0 Å². The molecule has 1 fully saturated rings. The van der Waals surface area contributed by atoms with Gasteiger partial charge in [-0.15, -0.1) is 0 Å². The topological polar surface area (TPSA) is 110 Å². The smallest absolute Gasteiger partial charge is 0.416 e. The van der Waals surface area contributed by atoms with E-state index in [1.807, 2.05) is 0 Å². The lowest BCUT2D eigenvalue weighted by atomic mass is 10.2. The minimum Gasteiger partial charge on any atom is -0.492 e. The zero-order valence-electron chi connectivity index (χ0n) is 16.9. The molecule has 2 aromatic rings. The summed E-state index contributed by atoms with van der Waals surface area (Å²) >= 11 is 0. The molecule has 174 valence electrons. The lowest BCUT2D eigenvalue weighted by molar-refractivity contribution is -0.137. The van der Waals surface area contributed by atoms with Gasteiger partial charge in [0.05, 0.1) is 29.5 Å². The molecule has 13 heteroatoms. The molecule has 0 aliphatic carbocycles. The highest BCUT2D eigenvalue weighted by molar-refractivity contribution is 7.94. The summed E-state index contributed by atoms with van der Waals surface area (Å²) in [6.07, 6.45) is -4.58. The molecule has 0 radical (unpaired) electrons. The molecule has 1 heterocycles. The maximum Gasteiger partial charge on any atom is 0.416 e. The van der Waals surface area contributed by atoms with Crippen LogP contribution in [0.2, 0.25) is 0 Å². The average Bonchev–Trinajstić information content (AvgIpc) is 2.88. The van der Waals surface area contributed by atoms with Gasteiger partial charge >= 0.3 is 6.18 Å². The van der Waals surface area contributed by atoms with Crippen LogP contribution in [0.4, 0.5) is 24.5 Å². The van der Waals surface area contributed by atoms with E-state index in [0.717, 1.165) is 18.2 Å². The summed E-state index contributed by atoms with van der Waals surface area (Å²) in [6, 6.07) is 6.76. The molecule has 0 bridgehead atoms. The van der Waals surface area contributed by atoms with E-state index >= 15 is 0 Å². The molecule has 1 N–H and O–H groups in total. The minimum absolute atomic E-state index is 0.0835. The van der Waals surface area contributed by atoms with Gasteiger partial charge in [-0.1, -0.05) is 6.92 Å². The molecule has 1 aliphatic heterocycles. The Labute approximate surface area is 183 Å². The van der Waals surface area contributed by atoms with Crippen LogP contribution in [0.5, 0.6) is 5.75 Å². The number of ether oxygens (including phenoxy) is 1. The lowest BCUT2D eigenvalue weighted by Gasteiger charge is -2.19. The Morgan fingerprint density at radius 2 is 1.78 bits per heavy atom. The summed E-state index contributed by atoms with van der Waals surface area (Å²) in [5.41, 5.74) is -1.29. The molecule has 0 spiro atoms. The largest absolute Gasteiger partial charge is 0.492 e. The van der Waals surface area contributed by atoms with Crippen molar-refractivity contribution in [2.75, 3.05) is 21.4 Å². The molecule has 3 rings (SSSR count). The van der Waals surface area contributed by atoms with E-state index in [2.05, 4.69) is 4.72 Å². The molecule has 1 saturated heterocycles. The molecular weight excluding hydrogens is 473 g/mol. The van der Waals surface area contributed by atoms with Gasteiger partial charge in [-0.2, -0.15) is 13.2 Å². The van der Waals surface area contributed by atoms with Crippen LogP contribution < -0.4 is 13.8 Å². The Morgan fingerprint density at radius 1 is 1.16 bits per heavy atom. The second-order valence-corrected chi connectivity index (χ2v) is 10.5. The Balaban J connectivity index is 2.03. The number of nitrogens with one attached hydrogen (secondary N) is 1. The zero-order chi connectivity index (χ0) is 23.9. The number of alkyl halides is 3. The van der Waals surface area contributed by atoms with Crippen molar-refractivity contribution in [3.63, 3.8) is 0 Å². The summed E-state index contributed by atoms with van der Waals surface area (Å²) in [7, 11) is -8.41. The molecule has 2 aromatic carbocycles. The summed E-state index contributed by atoms with van der Waals surface area (Å²) in [5, 5.41) is 0. The minimum atomic E-state index is -4.58. The number of rotatable bonds is 6. The third-order valence-corrected chi connectivity index (χ3v) is 7.85. The highest BCUT2D eigenvalue weighted by Gasteiger charge is 2.42. The first kappa shape index (κ1) is 23.9. The number of carbonyl (C=O) groups excluding carboxylic acids is 1. The maximum atomic E-state index is 13.0. The molecule has 1 amide bonds. The molecular formula is C19H19F3N2O6S2. The number of sulfonamides is 2. The average molecular weight is 492 g/mol. The molecule has 0 saturated carbocycles. The van der Waals surface area contributed by atoms with Crippen LogP contribution in [-0.2, 0) is 31.0 Å². The number of benzene rings is 2. The van der Waals surface area contributed by atoms with E-state index < -0.39 is 54.3 Å². The molecule has 1 unspecified atom stereocenters. The Morgan fingerprint density at radius 3 is 2.28 bits per heavy atom. The SMILES string of the molecule is CCOc1ccc(N2C(=O)C(C)CS2(=O)=O)cc1S(=O)(=O)Nc1ccc(C(F)(F)F)cc1. The third kappa shape index (κ3) is 4.67. The number of hydrogen-bond acceptors (Lipinski definition) is 6. The molecule has 1 aliphatic rings. The number of hydrogen-bond donors (Lipinski definition) is 1. The highest BCUT2D eigenvalue weighted by Crippen LogP contribution is 2.35. The number of halogens is 3. The summed E-state index contributed by atoms with van der Waals surface area (Å²) in [6.45, 7) is 3.13. The number of anilines is 2. The zero-order valence-corrected chi connectivity index (χ0v) is 18.5. The van der Waals surface area contributed by atoms with E-state index in [-0.39, 0.29) is 23.7 Å². The lowest BCUT2D eigenvalue weighted by Crippen LogP contribution is -2.30. The molecule has 8 nitrogen and oxygen atoms in total. The van der Waals surface area contributed by atoms with Gasteiger partial charge in [-0.05, 0) is 49.4 Å². The van der Waals surface area contributed by atoms with Gasteiger partial charge in [-0.3, -0.25) is 9.52 Å². The van der Waals surface area contributed by atoms with Crippen molar-refractivity contribution in [3.8, 4) is 5.75 Å². The van der Waals surface area contributed by atoms with Gasteiger partial charge in [0.25, 0.3) is 10.0 Å². The van der Waals surface area contributed by atoms with Crippen molar-refractivity contribution in [1.29, 1.82) is 0 Å². The highest BCUT2D eigenvalue weighted by atomic mass is 32.2. The van der Waals surface area contributed by atoms with Crippen molar-refractivity contribution in [1.82, 2.24) is 0 Å².